The van der Waals surface area contributed by atoms with Crippen LogP contribution in [0.5, 0.6) is 0 Å². The third kappa shape index (κ3) is 2.61. The topological polar surface area (TPSA) is 51.8 Å². The van der Waals surface area contributed by atoms with Gasteiger partial charge in [0.25, 0.3) is 0 Å². The Kier molecular flexibility index (Phi) is 3.79. The van der Waals surface area contributed by atoms with Gasteiger partial charge in [-0.05, 0) is 67.0 Å². The third-order valence-corrected chi connectivity index (χ3v) is 6.21. The zero-order chi connectivity index (χ0) is 17.5. The van der Waals surface area contributed by atoms with Crippen LogP contribution in [0.4, 0.5) is 5.69 Å². The fourth-order valence-electron chi connectivity index (χ4n) is 3.81. The van der Waals surface area contributed by atoms with Gasteiger partial charge in [-0.2, -0.15) is 0 Å². The second-order valence-electron chi connectivity index (χ2n) is 6.79. The summed E-state index contributed by atoms with van der Waals surface area (Å²) in [7, 11) is 0. The number of benzene rings is 2. The van der Waals surface area contributed by atoms with Gasteiger partial charge in [0.1, 0.15) is 0 Å². The highest BCUT2D eigenvalue weighted by molar-refractivity contribution is 7.99. The highest BCUT2D eigenvalue weighted by Crippen LogP contribution is 2.37. The Labute approximate surface area is 156 Å². The van der Waals surface area contributed by atoms with Crippen molar-refractivity contribution in [1.82, 2.24) is 9.97 Å². The predicted octanol–water partition coefficient (Wildman–Crippen LogP) is 5.40. The van der Waals surface area contributed by atoms with E-state index in [-0.39, 0.29) is 0 Å². The highest BCUT2D eigenvalue weighted by atomic mass is 32.2. The number of nitrogens with two attached hydrogens (primary N) is 1. The third-order valence-electron chi connectivity index (χ3n) is 5.15. The lowest BCUT2D eigenvalue weighted by Gasteiger charge is -2.18. The van der Waals surface area contributed by atoms with Crippen LogP contribution in [0.15, 0.2) is 64.6 Å². The maximum absolute atomic E-state index is 6.54. The van der Waals surface area contributed by atoms with Crippen LogP contribution in [0.3, 0.4) is 0 Å². The number of hydrogen-bond donors (Lipinski definition) is 1. The summed E-state index contributed by atoms with van der Waals surface area (Å²) >= 11 is 1.77. The fraction of sp³-hybridized carbons (Fsp3) is 0.182. The van der Waals surface area contributed by atoms with E-state index >= 15 is 0 Å². The van der Waals surface area contributed by atoms with Crippen LogP contribution in [0.25, 0.3) is 21.7 Å². The number of nitrogen functional groups attached to an aromatic ring is 1. The van der Waals surface area contributed by atoms with Gasteiger partial charge in [-0.3, -0.25) is 9.97 Å². The molecule has 0 saturated carbocycles. The average Bonchev–Trinajstić information content (AvgIpc) is 2.69. The normalized spacial score (nSPS) is 13.8. The molecule has 0 saturated heterocycles. The lowest BCUT2D eigenvalue weighted by atomic mass is 9.93. The van der Waals surface area contributed by atoms with Crippen molar-refractivity contribution in [1.29, 1.82) is 0 Å². The minimum Gasteiger partial charge on any atom is -0.398 e. The number of fused-ring (bicyclic) bond motifs is 3. The van der Waals surface area contributed by atoms with Gasteiger partial charge in [-0.1, -0.05) is 23.9 Å². The molecule has 2 heterocycles. The first-order chi connectivity index (χ1) is 12.8. The Morgan fingerprint density at radius 2 is 1.88 bits per heavy atom. The SMILES string of the molecule is Nc1c2c(nc3ccc(Sc4cccc5cnccc45)cc13)CCCC2. The summed E-state index contributed by atoms with van der Waals surface area (Å²) in [6.07, 6.45) is 8.29. The van der Waals surface area contributed by atoms with Crippen LogP contribution in [0.2, 0.25) is 0 Å². The lowest BCUT2D eigenvalue weighted by Crippen LogP contribution is -2.09. The van der Waals surface area contributed by atoms with E-state index in [2.05, 4.69) is 47.4 Å². The molecule has 4 aromatic rings. The molecule has 2 aromatic heterocycles. The summed E-state index contributed by atoms with van der Waals surface area (Å²) in [4.78, 5) is 11.5. The predicted molar refractivity (Wildman–Crippen MR) is 109 cm³/mol. The second-order valence-corrected chi connectivity index (χ2v) is 7.91. The largest absolute Gasteiger partial charge is 0.398 e. The van der Waals surface area contributed by atoms with Crippen molar-refractivity contribution in [2.75, 3.05) is 5.73 Å². The molecule has 0 atom stereocenters. The molecular formula is C22H19N3S. The van der Waals surface area contributed by atoms with Crippen molar-refractivity contribution in [3.05, 3.63) is 66.1 Å². The number of nitrogens with zero attached hydrogens (tertiary/aromatic N) is 2. The molecule has 0 radical (unpaired) electrons. The van der Waals surface area contributed by atoms with Crippen molar-refractivity contribution < 1.29 is 0 Å². The molecule has 2 N–H and O–H groups in total. The van der Waals surface area contributed by atoms with E-state index in [4.69, 9.17) is 10.7 Å². The number of pyridine rings is 2. The van der Waals surface area contributed by atoms with E-state index in [9.17, 15) is 0 Å². The van der Waals surface area contributed by atoms with E-state index in [1.54, 1.807) is 11.8 Å². The van der Waals surface area contributed by atoms with Crippen LogP contribution in [-0.4, -0.2) is 9.97 Å². The number of rotatable bonds is 2. The van der Waals surface area contributed by atoms with E-state index < -0.39 is 0 Å². The Morgan fingerprint density at radius 3 is 2.85 bits per heavy atom. The number of hydrogen-bond acceptors (Lipinski definition) is 4. The van der Waals surface area contributed by atoms with Crippen LogP contribution in [-0.2, 0) is 12.8 Å². The van der Waals surface area contributed by atoms with E-state index in [1.807, 2.05) is 12.4 Å². The summed E-state index contributed by atoms with van der Waals surface area (Å²) in [6, 6.07) is 14.9. The van der Waals surface area contributed by atoms with E-state index in [1.165, 1.54) is 39.3 Å². The first-order valence-corrected chi connectivity index (χ1v) is 9.83. The molecule has 5 rings (SSSR count). The van der Waals surface area contributed by atoms with Crippen molar-refractivity contribution >= 4 is 39.1 Å². The minimum atomic E-state index is 0.925. The van der Waals surface area contributed by atoms with Crippen molar-refractivity contribution in [3.8, 4) is 0 Å². The van der Waals surface area contributed by atoms with Crippen LogP contribution in [0.1, 0.15) is 24.1 Å². The lowest BCUT2D eigenvalue weighted by molar-refractivity contribution is 0.673. The van der Waals surface area contributed by atoms with Gasteiger partial charge in [-0.25, -0.2) is 0 Å². The number of aryl methyl sites for hydroxylation is 1. The molecule has 3 nitrogen and oxygen atoms in total. The first-order valence-electron chi connectivity index (χ1n) is 9.01. The Bertz CT molecular complexity index is 1130. The Balaban J connectivity index is 1.60. The average molecular weight is 357 g/mol. The standard InChI is InChI=1S/C22H19N3S/c23-22-17-5-1-2-6-19(17)25-20-9-8-15(12-18(20)22)26-21-7-3-4-14-13-24-11-10-16(14)21/h3-4,7-13H,1-2,5-6H2,(H2,23,25). The molecule has 4 heteroatoms. The first kappa shape index (κ1) is 15.6. The number of aromatic nitrogens is 2. The molecule has 1 aliphatic carbocycles. The van der Waals surface area contributed by atoms with Crippen LogP contribution >= 0.6 is 11.8 Å². The van der Waals surface area contributed by atoms with E-state index in [0.717, 1.165) is 34.8 Å². The maximum Gasteiger partial charge on any atom is 0.0727 e. The number of anilines is 1. The smallest absolute Gasteiger partial charge is 0.0727 e. The van der Waals surface area contributed by atoms with Gasteiger partial charge in [0.2, 0.25) is 0 Å². The maximum atomic E-state index is 6.54. The highest BCUT2D eigenvalue weighted by Gasteiger charge is 2.16. The zero-order valence-electron chi connectivity index (χ0n) is 14.4. The molecule has 0 spiro atoms. The van der Waals surface area contributed by atoms with Crippen molar-refractivity contribution in [2.24, 2.45) is 0 Å². The summed E-state index contributed by atoms with van der Waals surface area (Å²) in [5.74, 6) is 0. The molecular weight excluding hydrogens is 338 g/mol. The van der Waals surface area contributed by atoms with Crippen molar-refractivity contribution in [3.63, 3.8) is 0 Å². The van der Waals surface area contributed by atoms with Gasteiger partial charge in [0.05, 0.1) is 5.52 Å². The zero-order valence-corrected chi connectivity index (χ0v) is 15.2. The van der Waals surface area contributed by atoms with Gasteiger partial charge in [0, 0.05) is 44.3 Å². The Hall–Kier alpha value is -2.59. The van der Waals surface area contributed by atoms with Gasteiger partial charge in [-0.15, -0.1) is 0 Å². The monoisotopic (exact) mass is 357 g/mol. The summed E-state index contributed by atoms with van der Waals surface area (Å²) < 4.78 is 0. The quantitative estimate of drug-likeness (QED) is 0.522. The molecule has 128 valence electrons. The Morgan fingerprint density at radius 1 is 0.962 bits per heavy atom. The van der Waals surface area contributed by atoms with Gasteiger partial charge >= 0.3 is 0 Å². The van der Waals surface area contributed by atoms with Gasteiger partial charge < -0.3 is 5.73 Å². The van der Waals surface area contributed by atoms with Crippen molar-refractivity contribution in [2.45, 2.75) is 35.5 Å². The summed E-state index contributed by atoms with van der Waals surface area (Å²) in [5.41, 5.74) is 10.9. The second kappa shape index (κ2) is 6.29. The minimum absolute atomic E-state index is 0.925. The molecule has 0 unspecified atom stereocenters. The molecule has 0 bridgehead atoms. The fourth-order valence-corrected chi connectivity index (χ4v) is 4.82. The summed E-state index contributed by atoms with van der Waals surface area (Å²) in [6.45, 7) is 0. The van der Waals surface area contributed by atoms with Crippen LogP contribution in [0, 0.1) is 0 Å². The van der Waals surface area contributed by atoms with Crippen LogP contribution < -0.4 is 5.73 Å². The molecule has 1 aliphatic rings. The molecule has 2 aromatic carbocycles. The molecule has 0 fully saturated rings. The molecule has 0 amide bonds. The summed E-state index contributed by atoms with van der Waals surface area (Å²) in [5, 5.41) is 3.47. The van der Waals surface area contributed by atoms with E-state index in [0.29, 0.717) is 0 Å². The molecule has 26 heavy (non-hydrogen) atoms. The molecule has 0 aliphatic heterocycles. The van der Waals surface area contributed by atoms with Gasteiger partial charge in [0.15, 0.2) is 0 Å².